The Bertz CT molecular complexity index is 1000. The van der Waals surface area contributed by atoms with E-state index in [-0.39, 0.29) is 17.2 Å². The maximum absolute atomic E-state index is 12.8. The number of aliphatic carboxylic acids is 1. The highest BCUT2D eigenvalue weighted by atomic mass is 19.4. The summed E-state index contributed by atoms with van der Waals surface area (Å²) in [6.45, 7) is 6.76. The average molecular weight is 468 g/mol. The van der Waals surface area contributed by atoms with Crippen molar-refractivity contribution in [3.05, 3.63) is 47.5 Å². The lowest BCUT2D eigenvalue weighted by Crippen LogP contribution is -2.38. The van der Waals surface area contributed by atoms with E-state index >= 15 is 0 Å². The lowest BCUT2D eigenvalue weighted by Gasteiger charge is -2.26. The zero-order valence-electron chi connectivity index (χ0n) is 18.0. The van der Waals surface area contributed by atoms with Gasteiger partial charge in [0.25, 0.3) is 5.91 Å². The molecule has 2 fully saturated rings. The molecule has 9 nitrogen and oxygen atoms in total. The number of fused-ring (bicyclic) bond motifs is 1. The highest BCUT2D eigenvalue weighted by Crippen LogP contribution is 2.42. The Morgan fingerprint density at radius 1 is 1.24 bits per heavy atom. The van der Waals surface area contributed by atoms with Crippen molar-refractivity contribution in [3.8, 4) is 6.01 Å². The monoisotopic (exact) mass is 468 g/mol. The van der Waals surface area contributed by atoms with Gasteiger partial charge in [0.15, 0.2) is 0 Å². The Labute approximate surface area is 187 Å². The van der Waals surface area contributed by atoms with Gasteiger partial charge in [0, 0.05) is 42.8 Å². The van der Waals surface area contributed by atoms with Crippen molar-refractivity contribution >= 4 is 11.9 Å². The van der Waals surface area contributed by atoms with Gasteiger partial charge in [-0.25, -0.2) is 14.8 Å². The second-order valence-electron chi connectivity index (χ2n) is 8.02. The average Bonchev–Trinajstić information content (AvgIpc) is 3.30. The molecule has 2 aromatic heterocycles. The quantitative estimate of drug-likeness (QED) is 0.727. The van der Waals surface area contributed by atoms with Gasteiger partial charge in [-0.2, -0.15) is 13.2 Å². The Morgan fingerprint density at radius 3 is 2.58 bits per heavy atom. The van der Waals surface area contributed by atoms with Crippen LogP contribution in [0.25, 0.3) is 0 Å². The fourth-order valence-electron chi connectivity index (χ4n) is 3.67. The highest BCUT2D eigenvalue weighted by Gasteiger charge is 2.52. The second kappa shape index (κ2) is 9.69. The van der Waals surface area contributed by atoms with Gasteiger partial charge < -0.3 is 19.5 Å². The van der Waals surface area contributed by atoms with Crippen LogP contribution in [0.1, 0.15) is 21.7 Å². The molecule has 178 valence electrons. The first-order chi connectivity index (χ1) is 15.5. The molecule has 33 heavy (non-hydrogen) atoms. The van der Waals surface area contributed by atoms with E-state index in [1.54, 1.807) is 12.4 Å². The second-order valence-corrected chi connectivity index (χ2v) is 8.02. The number of nitrogens with zero attached hydrogens (tertiary/aromatic N) is 4. The van der Waals surface area contributed by atoms with Crippen LogP contribution >= 0.6 is 0 Å². The molecule has 0 unspecified atom stereocenters. The Balaban J connectivity index is 0.000000383. The van der Waals surface area contributed by atoms with E-state index in [0.717, 1.165) is 11.4 Å². The van der Waals surface area contributed by atoms with Crippen LogP contribution in [0.3, 0.4) is 0 Å². The first-order valence-corrected chi connectivity index (χ1v) is 10.0. The summed E-state index contributed by atoms with van der Waals surface area (Å²) in [5, 5.41) is 7.12. The van der Waals surface area contributed by atoms with Crippen LogP contribution in [-0.2, 0) is 9.53 Å². The van der Waals surface area contributed by atoms with Gasteiger partial charge in [-0.05, 0) is 32.0 Å². The van der Waals surface area contributed by atoms with E-state index in [1.165, 1.54) is 0 Å². The molecule has 2 aliphatic heterocycles. The van der Waals surface area contributed by atoms with Gasteiger partial charge in [-0.3, -0.25) is 9.78 Å². The maximum atomic E-state index is 12.8. The molecule has 12 heteroatoms. The lowest BCUT2D eigenvalue weighted by atomic mass is 9.82. The van der Waals surface area contributed by atoms with Crippen LogP contribution in [-0.4, -0.2) is 75.9 Å². The summed E-state index contributed by atoms with van der Waals surface area (Å²) in [7, 11) is 0. The number of carboxylic acid groups (broad SMARTS) is 1. The van der Waals surface area contributed by atoms with Gasteiger partial charge in [-0.15, -0.1) is 0 Å². The van der Waals surface area contributed by atoms with E-state index in [1.807, 2.05) is 36.9 Å². The number of pyridine rings is 1. The van der Waals surface area contributed by atoms with E-state index in [4.69, 9.17) is 19.4 Å². The number of likely N-dealkylation sites (tertiary alicyclic amines) is 1. The predicted octanol–water partition coefficient (Wildman–Crippen LogP) is 2.29. The maximum Gasteiger partial charge on any atom is 0.490 e. The number of rotatable bonds is 4. The zero-order valence-corrected chi connectivity index (χ0v) is 18.0. The standard InChI is InChI=1S/C19H22N4O3.C2HF3O2/c1-13-3-4-15(7-21-13)17(24)23-8-16-9-25-11-19(16,10-23)12-26-18-20-6-5-14(2)22-18;3-2(4,5)1(6)7/h3-7,16H,8-12H2,1-2H3;(H,6,7)/t16-,19+;/m1./s1. The number of aromatic nitrogens is 3. The van der Waals surface area contributed by atoms with Crippen molar-refractivity contribution < 1.29 is 37.3 Å². The summed E-state index contributed by atoms with van der Waals surface area (Å²) in [4.78, 5) is 36.3. The van der Waals surface area contributed by atoms with Crippen molar-refractivity contribution in [2.75, 3.05) is 32.9 Å². The molecule has 0 radical (unpaired) electrons. The first kappa shape index (κ1) is 24.4. The van der Waals surface area contributed by atoms with Crippen LogP contribution < -0.4 is 4.74 Å². The van der Waals surface area contributed by atoms with Crippen molar-refractivity contribution in [1.29, 1.82) is 0 Å². The molecule has 4 rings (SSSR count). The van der Waals surface area contributed by atoms with Crippen molar-refractivity contribution in [1.82, 2.24) is 19.9 Å². The van der Waals surface area contributed by atoms with E-state index in [0.29, 0.717) is 44.5 Å². The fraction of sp³-hybridized carbons (Fsp3) is 0.476. The summed E-state index contributed by atoms with van der Waals surface area (Å²) < 4.78 is 43.3. The molecule has 2 atom stereocenters. The number of amides is 1. The van der Waals surface area contributed by atoms with E-state index in [9.17, 15) is 18.0 Å². The molecular formula is C21H23F3N4O5. The van der Waals surface area contributed by atoms with Gasteiger partial charge in [-0.1, -0.05) is 0 Å². The van der Waals surface area contributed by atoms with E-state index < -0.39 is 12.1 Å². The third kappa shape index (κ3) is 5.95. The number of alkyl halides is 3. The molecule has 0 saturated carbocycles. The summed E-state index contributed by atoms with van der Waals surface area (Å²) in [5.41, 5.74) is 2.17. The van der Waals surface area contributed by atoms with Crippen LogP contribution in [0.2, 0.25) is 0 Å². The van der Waals surface area contributed by atoms with Gasteiger partial charge in [0.2, 0.25) is 0 Å². The minimum absolute atomic E-state index is 0.0121. The Hall–Kier alpha value is -3.28. The molecule has 0 spiro atoms. The van der Waals surface area contributed by atoms with Gasteiger partial charge >= 0.3 is 18.2 Å². The SMILES string of the molecule is Cc1ccc(C(=O)N2C[C@@H]3COC[C@]3(COc3nccc(C)n3)C2)cn1.O=C(O)C(F)(F)F. The Morgan fingerprint density at radius 2 is 1.97 bits per heavy atom. The predicted molar refractivity (Wildman–Crippen MR) is 108 cm³/mol. The number of ether oxygens (including phenoxy) is 2. The normalized spacial score (nSPS) is 21.7. The highest BCUT2D eigenvalue weighted by molar-refractivity contribution is 5.94. The van der Waals surface area contributed by atoms with Crippen LogP contribution in [0.4, 0.5) is 13.2 Å². The molecule has 2 aliphatic rings. The molecule has 1 amide bonds. The minimum atomic E-state index is -5.08. The zero-order chi connectivity index (χ0) is 24.2. The molecule has 0 aliphatic carbocycles. The summed E-state index contributed by atoms with van der Waals surface area (Å²) >= 11 is 0. The summed E-state index contributed by atoms with van der Waals surface area (Å²) in [6, 6.07) is 5.90. The van der Waals surface area contributed by atoms with Gasteiger partial charge in [0.1, 0.15) is 6.61 Å². The number of carbonyl (C=O) groups excluding carboxylic acids is 1. The lowest BCUT2D eigenvalue weighted by molar-refractivity contribution is -0.192. The number of aryl methyl sites for hydroxylation is 2. The van der Waals surface area contributed by atoms with Crippen molar-refractivity contribution in [2.45, 2.75) is 20.0 Å². The van der Waals surface area contributed by atoms with Crippen molar-refractivity contribution in [3.63, 3.8) is 0 Å². The summed E-state index contributed by atoms with van der Waals surface area (Å²) in [6.07, 6.45) is -1.75. The molecule has 2 aromatic rings. The molecular weight excluding hydrogens is 445 g/mol. The van der Waals surface area contributed by atoms with Crippen molar-refractivity contribution in [2.24, 2.45) is 11.3 Å². The number of carbonyl (C=O) groups is 2. The Kier molecular flexibility index (Phi) is 7.15. The number of halogens is 3. The molecule has 2 saturated heterocycles. The third-order valence-corrected chi connectivity index (χ3v) is 5.47. The number of hydrogen-bond acceptors (Lipinski definition) is 7. The van der Waals surface area contributed by atoms with Crippen LogP contribution in [0, 0.1) is 25.2 Å². The van der Waals surface area contributed by atoms with Gasteiger partial charge in [0.05, 0.1) is 24.2 Å². The largest absolute Gasteiger partial charge is 0.490 e. The molecule has 0 aromatic carbocycles. The smallest absolute Gasteiger partial charge is 0.475 e. The summed E-state index contributed by atoms with van der Waals surface area (Å²) in [5.74, 6) is -2.49. The topological polar surface area (TPSA) is 115 Å². The van der Waals surface area contributed by atoms with Crippen LogP contribution in [0.5, 0.6) is 6.01 Å². The number of hydrogen-bond donors (Lipinski definition) is 1. The van der Waals surface area contributed by atoms with E-state index in [2.05, 4.69) is 15.0 Å². The number of carboxylic acids is 1. The third-order valence-electron chi connectivity index (χ3n) is 5.47. The molecule has 1 N–H and O–H groups in total. The minimum Gasteiger partial charge on any atom is -0.475 e. The van der Waals surface area contributed by atoms with Crippen LogP contribution in [0.15, 0.2) is 30.6 Å². The molecule has 4 heterocycles. The molecule has 0 bridgehead atoms. The first-order valence-electron chi connectivity index (χ1n) is 10.0. The fourth-order valence-corrected chi connectivity index (χ4v) is 3.67.